The number of anilines is 1. The first-order valence-electron chi connectivity index (χ1n) is 13.5. The summed E-state index contributed by atoms with van der Waals surface area (Å²) in [5, 5.41) is 0.290. The molecule has 41 heavy (non-hydrogen) atoms. The lowest BCUT2D eigenvalue weighted by molar-refractivity contribution is -0.135. The number of hydrogen-bond donors (Lipinski definition) is 0. The number of benzene rings is 3. The van der Waals surface area contributed by atoms with Crippen LogP contribution in [0.4, 0.5) is 10.1 Å². The third-order valence-electron chi connectivity index (χ3n) is 7.28. The molecule has 0 spiro atoms. The quantitative estimate of drug-likeness (QED) is 0.315. The molecule has 1 saturated heterocycles. The van der Waals surface area contributed by atoms with Crippen LogP contribution in [0.25, 0.3) is 11.6 Å². The smallest absolute Gasteiger partial charge is 0.264 e. The van der Waals surface area contributed by atoms with Crippen LogP contribution in [-0.2, 0) is 19.6 Å². The Bertz CT molecular complexity index is 1570. The zero-order valence-electron chi connectivity index (χ0n) is 23.0. The van der Waals surface area contributed by atoms with E-state index in [1.807, 2.05) is 13.0 Å². The SMILES string of the molecule is C/C(=C\c1ccc2c(c1)N(S(=O)(=O)c1cccc(C)c1)C[C@H](CCC(=O)N1CCOCC1)O2)c1c(F)cccc1Cl. The van der Waals surface area contributed by atoms with Crippen molar-refractivity contribution in [1.29, 1.82) is 0 Å². The molecule has 0 radical (unpaired) electrons. The highest BCUT2D eigenvalue weighted by atomic mass is 35.5. The summed E-state index contributed by atoms with van der Waals surface area (Å²) in [5.41, 5.74) is 2.74. The standard InChI is InChI=1S/C31H32ClFN2O5S/c1-21-5-3-6-25(17-21)41(37,38)35-20-24(10-12-30(36)34-13-15-39-16-14-34)40-29-11-9-23(19-28(29)35)18-22(2)31-26(32)7-4-8-27(31)33/h3-9,11,17-19,24H,10,12-16,20H2,1-2H3/b22-18+/t24-/m0/s1. The molecule has 0 aromatic heterocycles. The maximum absolute atomic E-state index is 14.5. The van der Waals surface area contributed by atoms with Gasteiger partial charge in [-0.2, -0.15) is 0 Å². The van der Waals surface area contributed by atoms with E-state index in [9.17, 15) is 17.6 Å². The molecule has 10 heteroatoms. The number of allylic oxidation sites excluding steroid dienone is 1. The summed E-state index contributed by atoms with van der Waals surface area (Å²) in [7, 11) is -3.96. The predicted molar refractivity (Wildman–Crippen MR) is 158 cm³/mol. The highest BCUT2D eigenvalue weighted by Crippen LogP contribution is 2.39. The van der Waals surface area contributed by atoms with Gasteiger partial charge in [0.1, 0.15) is 17.7 Å². The molecule has 5 rings (SSSR count). The van der Waals surface area contributed by atoms with Crippen LogP contribution in [0, 0.1) is 12.7 Å². The van der Waals surface area contributed by atoms with E-state index in [1.54, 1.807) is 66.4 Å². The average Bonchev–Trinajstić information content (AvgIpc) is 2.96. The van der Waals surface area contributed by atoms with Crippen molar-refractivity contribution in [2.75, 3.05) is 37.2 Å². The number of nitrogens with zero attached hydrogens (tertiary/aromatic N) is 2. The molecule has 1 atom stereocenters. The maximum atomic E-state index is 14.5. The second-order valence-electron chi connectivity index (χ2n) is 10.3. The lowest BCUT2D eigenvalue weighted by Gasteiger charge is -2.36. The normalized spacial score (nSPS) is 17.7. The Labute approximate surface area is 245 Å². The molecule has 2 aliphatic rings. The minimum absolute atomic E-state index is 0.00134. The monoisotopic (exact) mass is 598 g/mol. The van der Waals surface area contributed by atoms with Gasteiger partial charge in [0.05, 0.1) is 35.4 Å². The number of halogens is 2. The second kappa shape index (κ2) is 12.2. The zero-order valence-corrected chi connectivity index (χ0v) is 24.6. The summed E-state index contributed by atoms with van der Waals surface area (Å²) in [5.74, 6) is -0.0424. The van der Waals surface area contributed by atoms with Crippen molar-refractivity contribution in [2.24, 2.45) is 0 Å². The molecule has 3 aromatic carbocycles. The number of ether oxygens (including phenoxy) is 2. The van der Waals surface area contributed by atoms with Crippen LogP contribution in [0.2, 0.25) is 5.02 Å². The van der Waals surface area contributed by atoms with Crippen molar-refractivity contribution < 1.29 is 27.1 Å². The molecule has 3 aromatic rings. The Morgan fingerprint density at radius 2 is 1.85 bits per heavy atom. The fourth-order valence-corrected chi connectivity index (χ4v) is 7.07. The third kappa shape index (κ3) is 6.42. The van der Waals surface area contributed by atoms with E-state index in [2.05, 4.69) is 0 Å². The van der Waals surface area contributed by atoms with Crippen LogP contribution < -0.4 is 9.04 Å². The van der Waals surface area contributed by atoms with E-state index in [1.165, 1.54) is 10.4 Å². The van der Waals surface area contributed by atoms with E-state index >= 15 is 0 Å². The van der Waals surface area contributed by atoms with Crippen molar-refractivity contribution in [3.63, 3.8) is 0 Å². The van der Waals surface area contributed by atoms with E-state index in [0.29, 0.717) is 55.3 Å². The molecule has 2 heterocycles. The number of carbonyl (C=O) groups is 1. The highest BCUT2D eigenvalue weighted by Gasteiger charge is 2.35. The van der Waals surface area contributed by atoms with Crippen molar-refractivity contribution in [3.8, 4) is 5.75 Å². The number of rotatable bonds is 7. The Balaban J connectivity index is 1.47. The number of aryl methyl sites for hydroxylation is 1. The van der Waals surface area contributed by atoms with Crippen molar-refractivity contribution in [2.45, 2.75) is 37.7 Å². The number of hydrogen-bond acceptors (Lipinski definition) is 5. The summed E-state index contributed by atoms with van der Waals surface area (Å²) in [6.07, 6.45) is 1.84. The molecule has 0 N–H and O–H groups in total. The number of sulfonamides is 1. The number of morpholine rings is 1. The molecular weight excluding hydrogens is 567 g/mol. The summed E-state index contributed by atoms with van der Waals surface area (Å²) in [4.78, 5) is 14.7. The van der Waals surface area contributed by atoms with Crippen LogP contribution in [-0.4, -0.2) is 58.2 Å². The van der Waals surface area contributed by atoms with Gasteiger partial charge in [0.25, 0.3) is 10.0 Å². The summed E-state index contributed by atoms with van der Waals surface area (Å²) >= 11 is 6.27. The Morgan fingerprint density at radius 1 is 1.10 bits per heavy atom. The molecule has 0 aliphatic carbocycles. The minimum Gasteiger partial charge on any atom is -0.486 e. The van der Waals surface area contributed by atoms with E-state index in [4.69, 9.17) is 21.1 Å². The molecular formula is C31H32ClFN2O5S. The van der Waals surface area contributed by atoms with Gasteiger partial charge in [-0.15, -0.1) is 0 Å². The fraction of sp³-hybridized carbons (Fsp3) is 0.323. The number of amides is 1. The third-order valence-corrected chi connectivity index (χ3v) is 9.37. The molecule has 0 unspecified atom stereocenters. The summed E-state index contributed by atoms with van der Waals surface area (Å²) in [6, 6.07) is 16.5. The van der Waals surface area contributed by atoms with Gasteiger partial charge in [-0.3, -0.25) is 9.10 Å². The molecule has 1 amide bonds. The first-order chi connectivity index (χ1) is 19.6. The van der Waals surface area contributed by atoms with Crippen LogP contribution in [0.5, 0.6) is 5.75 Å². The van der Waals surface area contributed by atoms with Gasteiger partial charge in [-0.1, -0.05) is 41.9 Å². The van der Waals surface area contributed by atoms with Gasteiger partial charge >= 0.3 is 0 Å². The van der Waals surface area contributed by atoms with E-state index in [0.717, 1.165) is 5.56 Å². The topological polar surface area (TPSA) is 76.2 Å². The first kappa shape index (κ1) is 29.1. The van der Waals surface area contributed by atoms with Crippen LogP contribution in [0.3, 0.4) is 0 Å². The van der Waals surface area contributed by atoms with Gasteiger partial charge in [-0.05, 0) is 73.4 Å². The van der Waals surface area contributed by atoms with Crippen molar-refractivity contribution in [3.05, 3.63) is 88.2 Å². The molecule has 7 nitrogen and oxygen atoms in total. The van der Waals surface area contributed by atoms with Crippen LogP contribution in [0.1, 0.15) is 36.5 Å². The van der Waals surface area contributed by atoms with Gasteiger partial charge in [0, 0.05) is 25.1 Å². The van der Waals surface area contributed by atoms with Crippen molar-refractivity contribution >= 4 is 44.9 Å². The minimum atomic E-state index is -3.96. The van der Waals surface area contributed by atoms with Gasteiger partial charge < -0.3 is 14.4 Å². The largest absolute Gasteiger partial charge is 0.486 e. The molecule has 216 valence electrons. The fourth-order valence-electron chi connectivity index (χ4n) is 5.15. The molecule has 0 saturated carbocycles. The second-order valence-corrected chi connectivity index (χ2v) is 12.5. The lowest BCUT2D eigenvalue weighted by Crippen LogP contribution is -2.45. The lowest BCUT2D eigenvalue weighted by atomic mass is 10.0. The predicted octanol–water partition coefficient (Wildman–Crippen LogP) is 5.94. The van der Waals surface area contributed by atoms with E-state index in [-0.39, 0.29) is 34.4 Å². The van der Waals surface area contributed by atoms with E-state index < -0.39 is 21.9 Å². The highest BCUT2D eigenvalue weighted by molar-refractivity contribution is 7.92. The summed E-state index contributed by atoms with van der Waals surface area (Å²) in [6.45, 7) is 5.77. The Hall–Kier alpha value is -3.40. The molecule has 1 fully saturated rings. The summed E-state index contributed by atoms with van der Waals surface area (Å²) < 4.78 is 55.4. The van der Waals surface area contributed by atoms with Crippen LogP contribution >= 0.6 is 11.6 Å². The Kier molecular flexibility index (Phi) is 8.68. The molecule has 0 bridgehead atoms. The number of carbonyl (C=O) groups excluding carboxylic acids is 1. The molecule has 2 aliphatic heterocycles. The van der Waals surface area contributed by atoms with Gasteiger partial charge in [0.15, 0.2) is 0 Å². The number of fused-ring (bicyclic) bond motifs is 1. The van der Waals surface area contributed by atoms with Crippen LogP contribution in [0.15, 0.2) is 65.6 Å². The van der Waals surface area contributed by atoms with Crippen molar-refractivity contribution in [1.82, 2.24) is 4.90 Å². The van der Waals surface area contributed by atoms with Gasteiger partial charge in [0.2, 0.25) is 5.91 Å². The van der Waals surface area contributed by atoms with Gasteiger partial charge in [-0.25, -0.2) is 12.8 Å². The first-order valence-corrected chi connectivity index (χ1v) is 15.3. The zero-order chi connectivity index (χ0) is 29.1. The average molecular weight is 599 g/mol. The Morgan fingerprint density at radius 3 is 2.59 bits per heavy atom. The maximum Gasteiger partial charge on any atom is 0.264 e.